The first kappa shape index (κ1) is 18.0. The summed E-state index contributed by atoms with van der Waals surface area (Å²) in [6.45, 7) is 4.25. The number of benzene rings is 1. The molecule has 1 spiro atoms. The molecule has 2 heterocycles. The third-order valence-electron chi connectivity index (χ3n) is 6.34. The molecule has 0 unspecified atom stereocenters. The molecular weight excluding hydrogens is 350 g/mol. The molecule has 4 rings (SSSR count). The maximum Gasteiger partial charge on any atom is 0.131 e. The fraction of sp³-hybridized carbons (Fsp3) is 0.550. The molecule has 6 heteroatoms. The third kappa shape index (κ3) is 2.61. The van der Waals surface area contributed by atoms with Crippen molar-refractivity contribution in [2.24, 2.45) is 18.4 Å². The number of hydrogen-bond donors (Lipinski definition) is 2. The van der Waals surface area contributed by atoms with Crippen molar-refractivity contribution < 1.29 is 10.2 Å². The lowest BCUT2D eigenvalue weighted by Gasteiger charge is -2.16. The van der Waals surface area contributed by atoms with Crippen molar-refractivity contribution in [1.29, 1.82) is 0 Å². The Labute approximate surface area is 159 Å². The van der Waals surface area contributed by atoms with Crippen molar-refractivity contribution in [1.82, 2.24) is 14.7 Å². The van der Waals surface area contributed by atoms with E-state index in [9.17, 15) is 10.2 Å². The Morgan fingerprint density at radius 3 is 2.69 bits per heavy atom. The first-order chi connectivity index (χ1) is 12.5. The van der Waals surface area contributed by atoms with Crippen molar-refractivity contribution in [2.75, 3.05) is 19.7 Å². The molecule has 2 aromatic rings. The van der Waals surface area contributed by atoms with Crippen molar-refractivity contribution >= 4 is 11.6 Å². The Balaban J connectivity index is 1.57. The maximum absolute atomic E-state index is 10.9. The van der Waals surface area contributed by atoms with Gasteiger partial charge in [-0.15, -0.1) is 0 Å². The number of β-amino-alcohol motifs (C(OH)–C–C–N with tert-alkyl or cyclic N) is 1. The first-order valence-electron chi connectivity index (χ1n) is 9.29. The van der Waals surface area contributed by atoms with Gasteiger partial charge in [-0.3, -0.25) is 9.58 Å². The van der Waals surface area contributed by atoms with Gasteiger partial charge >= 0.3 is 0 Å². The van der Waals surface area contributed by atoms with E-state index in [1.807, 2.05) is 25.2 Å². The smallest absolute Gasteiger partial charge is 0.131 e. The number of aliphatic hydroxyl groups excluding tert-OH is 2. The molecule has 1 aliphatic carbocycles. The van der Waals surface area contributed by atoms with E-state index in [0.717, 1.165) is 24.2 Å². The molecule has 2 N–H and O–H groups in total. The number of hydrogen-bond acceptors (Lipinski definition) is 4. The van der Waals surface area contributed by atoms with E-state index in [4.69, 9.17) is 11.6 Å². The molecule has 26 heavy (non-hydrogen) atoms. The number of aliphatic hydroxyl groups is 2. The molecule has 1 saturated carbocycles. The summed E-state index contributed by atoms with van der Waals surface area (Å²) in [7, 11) is 1.86. The fourth-order valence-electron chi connectivity index (χ4n) is 5.04. The molecule has 0 amide bonds. The Morgan fingerprint density at radius 2 is 2.04 bits per heavy atom. The van der Waals surface area contributed by atoms with Gasteiger partial charge in [0, 0.05) is 44.3 Å². The molecule has 0 bridgehead atoms. The lowest BCUT2D eigenvalue weighted by atomic mass is 9.95. The summed E-state index contributed by atoms with van der Waals surface area (Å²) in [5.41, 5.74) is 3.03. The van der Waals surface area contributed by atoms with Gasteiger partial charge < -0.3 is 10.2 Å². The quantitative estimate of drug-likeness (QED) is 0.841. The van der Waals surface area contributed by atoms with Gasteiger partial charge in [0.1, 0.15) is 5.15 Å². The number of halogens is 1. The van der Waals surface area contributed by atoms with Gasteiger partial charge in [0.2, 0.25) is 0 Å². The van der Waals surface area contributed by atoms with Crippen LogP contribution in [0.4, 0.5) is 0 Å². The summed E-state index contributed by atoms with van der Waals surface area (Å²) >= 11 is 6.45. The Hall–Kier alpha value is -1.40. The van der Waals surface area contributed by atoms with Crippen LogP contribution in [0.3, 0.4) is 0 Å². The maximum atomic E-state index is 10.9. The standard InChI is InChI=1S/C20H26ClN3O2/c1-3-16-14(19(21)23(2)22-16)9-24-10-17(26)20(12-24)15(11-25)18(20)13-7-5-4-6-8-13/h4-8,15,17-18,25-26H,3,9-12H2,1-2H3/t15-,17+,18-,20-/m1/s1. The lowest BCUT2D eigenvalue weighted by Crippen LogP contribution is -2.23. The second-order valence-corrected chi connectivity index (χ2v) is 8.03. The molecular formula is C20H26ClN3O2. The number of likely N-dealkylation sites (tertiary alicyclic amines) is 1. The summed E-state index contributed by atoms with van der Waals surface area (Å²) in [4.78, 5) is 2.26. The van der Waals surface area contributed by atoms with Crippen LogP contribution in [0.2, 0.25) is 5.15 Å². The number of nitrogens with zero attached hydrogens (tertiary/aromatic N) is 3. The van der Waals surface area contributed by atoms with E-state index in [0.29, 0.717) is 18.2 Å². The molecule has 140 valence electrons. The highest BCUT2D eigenvalue weighted by Gasteiger charge is 2.70. The van der Waals surface area contributed by atoms with E-state index in [2.05, 4.69) is 29.1 Å². The van der Waals surface area contributed by atoms with Gasteiger partial charge in [-0.2, -0.15) is 5.10 Å². The van der Waals surface area contributed by atoms with Crippen LogP contribution in [0, 0.1) is 11.3 Å². The molecule has 2 fully saturated rings. The molecule has 2 aliphatic rings. The molecule has 4 atom stereocenters. The first-order valence-corrected chi connectivity index (χ1v) is 9.67. The van der Waals surface area contributed by atoms with Gasteiger partial charge in [0.25, 0.3) is 0 Å². The number of rotatable bonds is 5. The summed E-state index contributed by atoms with van der Waals surface area (Å²) in [6, 6.07) is 10.3. The van der Waals surface area contributed by atoms with Crippen LogP contribution in [0.25, 0.3) is 0 Å². The van der Waals surface area contributed by atoms with Crippen molar-refractivity contribution in [3.8, 4) is 0 Å². The van der Waals surface area contributed by atoms with Crippen LogP contribution in [0.1, 0.15) is 29.7 Å². The van der Waals surface area contributed by atoms with Crippen LogP contribution >= 0.6 is 11.6 Å². The summed E-state index contributed by atoms with van der Waals surface area (Å²) < 4.78 is 1.72. The summed E-state index contributed by atoms with van der Waals surface area (Å²) in [5.74, 6) is 0.323. The number of aryl methyl sites for hydroxylation is 2. The SMILES string of the molecule is CCc1nn(C)c(Cl)c1CN1C[C@H](O)[C@@]2(C1)[C@H](CO)[C@H]2c1ccccc1. The highest BCUT2D eigenvalue weighted by molar-refractivity contribution is 6.30. The topological polar surface area (TPSA) is 61.5 Å². The molecule has 0 radical (unpaired) electrons. The van der Waals surface area contributed by atoms with Crippen molar-refractivity contribution in [3.63, 3.8) is 0 Å². The predicted octanol–water partition coefficient (Wildman–Crippen LogP) is 2.20. The van der Waals surface area contributed by atoms with Crippen LogP contribution < -0.4 is 0 Å². The lowest BCUT2D eigenvalue weighted by molar-refractivity contribution is 0.111. The van der Waals surface area contributed by atoms with Crippen molar-refractivity contribution in [2.45, 2.75) is 31.9 Å². The highest BCUT2D eigenvalue weighted by atomic mass is 35.5. The van der Waals surface area contributed by atoms with Crippen LogP contribution in [-0.2, 0) is 20.0 Å². The third-order valence-corrected chi connectivity index (χ3v) is 6.81. The Morgan fingerprint density at radius 1 is 1.31 bits per heavy atom. The molecule has 1 aliphatic heterocycles. The van der Waals surface area contributed by atoms with E-state index in [-0.39, 0.29) is 23.9 Å². The minimum Gasteiger partial charge on any atom is -0.396 e. The van der Waals surface area contributed by atoms with Crippen molar-refractivity contribution in [3.05, 3.63) is 52.3 Å². The average Bonchev–Trinajstić information content (AvgIpc) is 3.08. The highest BCUT2D eigenvalue weighted by Crippen LogP contribution is 2.68. The molecule has 1 aromatic heterocycles. The van der Waals surface area contributed by atoms with Crippen LogP contribution in [-0.4, -0.2) is 50.7 Å². The molecule has 1 aromatic carbocycles. The van der Waals surface area contributed by atoms with E-state index in [1.165, 1.54) is 5.56 Å². The molecule has 1 saturated heterocycles. The zero-order valence-electron chi connectivity index (χ0n) is 15.3. The Kier molecular flexibility index (Phi) is 4.59. The Bertz CT molecular complexity index is 794. The number of aromatic nitrogens is 2. The fourth-order valence-corrected chi connectivity index (χ4v) is 5.25. The zero-order valence-corrected chi connectivity index (χ0v) is 16.0. The van der Waals surface area contributed by atoms with Gasteiger partial charge in [-0.25, -0.2) is 0 Å². The molecule has 5 nitrogen and oxygen atoms in total. The predicted molar refractivity (Wildman–Crippen MR) is 101 cm³/mol. The average molecular weight is 376 g/mol. The van der Waals surface area contributed by atoms with Crippen LogP contribution in [0.15, 0.2) is 30.3 Å². The van der Waals surface area contributed by atoms with Crippen LogP contribution in [0.5, 0.6) is 0 Å². The second-order valence-electron chi connectivity index (χ2n) is 7.67. The van der Waals surface area contributed by atoms with Gasteiger partial charge in [-0.1, -0.05) is 48.9 Å². The second kappa shape index (κ2) is 6.64. The monoisotopic (exact) mass is 375 g/mol. The van der Waals surface area contributed by atoms with E-state index < -0.39 is 6.10 Å². The zero-order chi connectivity index (χ0) is 18.5. The van der Waals surface area contributed by atoms with E-state index >= 15 is 0 Å². The van der Waals surface area contributed by atoms with Gasteiger partial charge in [-0.05, 0) is 23.8 Å². The largest absolute Gasteiger partial charge is 0.396 e. The van der Waals surface area contributed by atoms with Gasteiger partial charge in [0.05, 0.1) is 11.8 Å². The van der Waals surface area contributed by atoms with E-state index in [1.54, 1.807) is 4.68 Å². The minimum absolute atomic E-state index is 0.109. The van der Waals surface area contributed by atoms with Gasteiger partial charge in [0.15, 0.2) is 0 Å². The minimum atomic E-state index is -0.439. The summed E-state index contributed by atoms with van der Waals surface area (Å²) in [5, 5.41) is 26.0. The normalized spacial score (nSPS) is 31.0. The summed E-state index contributed by atoms with van der Waals surface area (Å²) in [6.07, 6.45) is 0.397.